The quantitative estimate of drug-likeness (QED) is 0.641. The SMILES string of the molecule is C=Cc1ccccc1CCc1ccccc1C[N+](C)(C)C=C. The minimum absolute atomic E-state index is 0.792. The van der Waals surface area contributed by atoms with E-state index in [0.717, 1.165) is 23.9 Å². The zero-order valence-electron chi connectivity index (χ0n) is 13.8. The van der Waals surface area contributed by atoms with Crippen LogP contribution in [0.2, 0.25) is 0 Å². The van der Waals surface area contributed by atoms with Gasteiger partial charge >= 0.3 is 0 Å². The Labute approximate surface area is 134 Å². The molecule has 0 aliphatic carbocycles. The van der Waals surface area contributed by atoms with Crippen molar-refractivity contribution in [2.45, 2.75) is 19.4 Å². The van der Waals surface area contributed by atoms with E-state index in [1.807, 2.05) is 12.3 Å². The molecule has 0 radical (unpaired) electrons. The van der Waals surface area contributed by atoms with Crippen LogP contribution in [0, 0.1) is 0 Å². The summed E-state index contributed by atoms with van der Waals surface area (Å²) >= 11 is 0. The van der Waals surface area contributed by atoms with Crippen LogP contribution in [0.3, 0.4) is 0 Å². The lowest BCUT2D eigenvalue weighted by atomic mass is 9.96. The topological polar surface area (TPSA) is 0 Å². The second kappa shape index (κ2) is 7.24. The lowest BCUT2D eigenvalue weighted by Crippen LogP contribution is -2.32. The largest absolute Gasteiger partial charge is 0.299 e. The number of benzene rings is 2. The molecule has 0 fully saturated rings. The normalized spacial score (nSPS) is 11.2. The monoisotopic (exact) mass is 292 g/mol. The smallest absolute Gasteiger partial charge is 0.108 e. The molecule has 22 heavy (non-hydrogen) atoms. The Balaban J connectivity index is 2.16. The van der Waals surface area contributed by atoms with E-state index in [1.165, 1.54) is 22.3 Å². The molecule has 0 spiro atoms. The molecule has 0 aromatic heterocycles. The van der Waals surface area contributed by atoms with Crippen molar-refractivity contribution in [2.24, 2.45) is 0 Å². The molecule has 114 valence electrons. The second-order valence-electron chi connectivity index (χ2n) is 6.29. The van der Waals surface area contributed by atoms with E-state index in [2.05, 4.69) is 75.8 Å². The van der Waals surface area contributed by atoms with E-state index in [0.29, 0.717) is 0 Å². The van der Waals surface area contributed by atoms with Crippen molar-refractivity contribution >= 4 is 6.08 Å². The van der Waals surface area contributed by atoms with Crippen molar-refractivity contribution in [3.63, 3.8) is 0 Å². The summed E-state index contributed by atoms with van der Waals surface area (Å²) in [7, 11) is 4.35. The Morgan fingerprint density at radius 1 is 0.818 bits per heavy atom. The van der Waals surface area contributed by atoms with Gasteiger partial charge < -0.3 is 0 Å². The first-order chi connectivity index (χ1) is 10.6. The van der Waals surface area contributed by atoms with Crippen LogP contribution in [-0.2, 0) is 19.4 Å². The molecule has 0 saturated heterocycles. The van der Waals surface area contributed by atoms with E-state index in [-0.39, 0.29) is 0 Å². The summed E-state index contributed by atoms with van der Waals surface area (Å²) in [6, 6.07) is 17.2. The van der Waals surface area contributed by atoms with Gasteiger partial charge in [0.05, 0.1) is 20.3 Å². The fourth-order valence-corrected chi connectivity index (χ4v) is 2.69. The van der Waals surface area contributed by atoms with Crippen LogP contribution in [0.5, 0.6) is 0 Å². The maximum atomic E-state index is 3.94. The molecule has 0 atom stereocenters. The van der Waals surface area contributed by atoms with E-state index < -0.39 is 0 Å². The minimum atomic E-state index is 0.792. The van der Waals surface area contributed by atoms with Crippen molar-refractivity contribution in [1.29, 1.82) is 0 Å². The fraction of sp³-hybridized carbons (Fsp3) is 0.238. The van der Waals surface area contributed by atoms with Gasteiger partial charge in [0, 0.05) is 5.56 Å². The van der Waals surface area contributed by atoms with Gasteiger partial charge in [0.2, 0.25) is 0 Å². The van der Waals surface area contributed by atoms with Crippen LogP contribution in [0.4, 0.5) is 0 Å². The van der Waals surface area contributed by atoms with E-state index in [1.54, 1.807) is 0 Å². The zero-order chi connectivity index (χ0) is 16.0. The van der Waals surface area contributed by atoms with Gasteiger partial charge in [-0.2, -0.15) is 0 Å². The molecular formula is C21H26N+. The summed E-state index contributed by atoms with van der Waals surface area (Å²) in [6.07, 6.45) is 6.03. The summed E-state index contributed by atoms with van der Waals surface area (Å²) in [5, 5.41) is 0. The number of hydrogen-bond donors (Lipinski definition) is 0. The summed E-state index contributed by atoms with van der Waals surface area (Å²) < 4.78 is 0.792. The van der Waals surface area contributed by atoms with Gasteiger partial charge in [-0.3, -0.25) is 4.48 Å². The summed E-state index contributed by atoms with van der Waals surface area (Å²) in [6.45, 7) is 8.82. The predicted octanol–water partition coefficient (Wildman–Crippen LogP) is 4.83. The first-order valence-electron chi connectivity index (χ1n) is 7.79. The molecule has 0 aliphatic rings. The molecule has 2 aromatic carbocycles. The van der Waals surface area contributed by atoms with Crippen molar-refractivity contribution < 1.29 is 4.48 Å². The molecule has 2 aromatic rings. The first-order valence-corrected chi connectivity index (χ1v) is 7.79. The number of quaternary nitrogens is 1. The van der Waals surface area contributed by atoms with Crippen LogP contribution in [0.1, 0.15) is 22.3 Å². The third kappa shape index (κ3) is 4.19. The van der Waals surface area contributed by atoms with Crippen molar-refractivity contribution in [3.8, 4) is 0 Å². The van der Waals surface area contributed by atoms with E-state index in [4.69, 9.17) is 0 Å². The van der Waals surface area contributed by atoms with Crippen LogP contribution in [-0.4, -0.2) is 18.6 Å². The molecular weight excluding hydrogens is 266 g/mol. The zero-order valence-corrected chi connectivity index (χ0v) is 13.8. The standard InChI is InChI=1S/C21H26N/c1-5-18-11-7-8-12-19(18)15-16-20-13-9-10-14-21(20)17-22(3,4)6-2/h5-14H,1-2,15-17H2,3-4H3/q+1. The average Bonchev–Trinajstić information content (AvgIpc) is 2.54. The molecule has 1 nitrogen and oxygen atoms in total. The third-order valence-electron chi connectivity index (χ3n) is 4.13. The average molecular weight is 292 g/mol. The minimum Gasteiger partial charge on any atom is -0.299 e. The van der Waals surface area contributed by atoms with Gasteiger partial charge in [0.15, 0.2) is 0 Å². The number of rotatable bonds is 7. The van der Waals surface area contributed by atoms with Gasteiger partial charge in [-0.05, 0) is 36.1 Å². The lowest BCUT2D eigenvalue weighted by Gasteiger charge is -2.25. The highest BCUT2D eigenvalue weighted by molar-refractivity contribution is 5.51. The third-order valence-corrected chi connectivity index (χ3v) is 4.13. The van der Waals surface area contributed by atoms with Gasteiger partial charge in [-0.25, -0.2) is 0 Å². The van der Waals surface area contributed by atoms with E-state index >= 15 is 0 Å². The molecule has 0 amide bonds. The molecule has 0 N–H and O–H groups in total. The Morgan fingerprint density at radius 3 is 2.00 bits per heavy atom. The second-order valence-corrected chi connectivity index (χ2v) is 6.29. The Kier molecular flexibility index (Phi) is 5.35. The predicted molar refractivity (Wildman–Crippen MR) is 96.4 cm³/mol. The maximum absolute atomic E-state index is 3.94. The van der Waals surface area contributed by atoms with Crippen LogP contribution >= 0.6 is 0 Å². The fourth-order valence-electron chi connectivity index (χ4n) is 2.69. The van der Waals surface area contributed by atoms with Gasteiger partial charge in [-0.15, -0.1) is 0 Å². The highest BCUT2D eigenvalue weighted by Crippen LogP contribution is 2.19. The molecule has 0 aliphatic heterocycles. The summed E-state index contributed by atoms with van der Waals surface area (Å²) in [5.41, 5.74) is 5.44. The molecule has 1 heteroatoms. The molecule has 0 bridgehead atoms. The van der Waals surface area contributed by atoms with Crippen LogP contribution in [0.15, 0.2) is 67.9 Å². The summed E-state index contributed by atoms with van der Waals surface area (Å²) in [5.74, 6) is 0. The highest BCUT2D eigenvalue weighted by atomic mass is 15.3. The first kappa shape index (κ1) is 16.3. The van der Waals surface area contributed by atoms with E-state index in [9.17, 15) is 0 Å². The lowest BCUT2D eigenvalue weighted by molar-refractivity contribution is -0.852. The van der Waals surface area contributed by atoms with Crippen molar-refractivity contribution in [1.82, 2.24) is 0 Å². The Hall–Kier alpha value is -2.12. The maximum Gasteiger partial charge on any atom is 0.108 e. The van der Waals surface area contributed by atoms with Crippen LogP contribution < -0.4 is 0 Å². The Morgan fingerprint density at radius 2 is 1.36 bits per heavy atom. The molecule has 0 unspecified atom stereocenters. The number of nitrogens with zero attached hydrogens (tertiary/aromatic N) is 1. The number of aryl methyl sites for hydroxylation is 2. The van der Waals surface area contributed by atoms with Crippen LogP contribution in [0.25, 0.3) is 6.08 Å². The molecule has 0 heterocycles. The van der Waals surface area contributed by atoms with Crippen molar-refractivity contribution in [3.05, 3.63) is 90.1 Å². The Bertz CT molecular complexity index is 652. The highest BCUT2D eigenvalue weighted by Gasteiger charge is 2.14. The van der Waals surface area contributed by atoms with Crippen molar-refractivity contribution in [2.75, 3.05) is 14.1 Å². The van der Waals surface area contributed by atoms with Gasteiger partial charge in [0.25, 0.3) is 0 Å². The summed E-state index contributed by atoms with van der Waals surface area (Å²) in [4.78, 5) is 0. The molecule has 2 rings (SSSR count). The van der Waals surface area contributed by atoms with Gasteiger partial charge in [-0.1, -0.05) is 61.2 Å². The van der Waals surface area contributed by atoms with Gasteiger partial charge in [0.1, 0.15) is 6.54 Å². The number of hydrogen-bond acceptors (Lipinski definition) is 0. The molecule has 0 saturated carbocycles.